The molecule has 0 aliphatic carbocycles. The number of carbonyl (C=O) groups excluding carboxylic acids is 1. The molecule has 2 atom stereocenters. The van der Waals surface area contributed by atoms with Gasteiger partial charge in [0.25, 0.3) is 0 Å². The van der Waals surface area contributed by atoms with Crippen LogP contribution >= 0.6 is 0 Å². The molecule has 0 amide bonds. The molecule has 35 heavy (non-hydrogen) atoms. The number of para-hydroxylation sites is 1. The first-order valence-electron chi connectivity index (χ1n) is 11.6. The lowest BCUT2D eigenvalue weighted by atomic mass is 9.94. The fourth-order valence-corrected chi connectivity index (χ4v) is 3.91. The van der Waals surface area contributed by atoms with Gasteiger partial charge in [-0.15, -0.1) is 0 Å². The van der Waals surface area contributed by atoms with Crippen molar-refractivity contribution >= 4 is 22.8 Å². The predicted molar refractivity (Wildman–Crippen MR) is 139 cm³/mol. The van der Waals surface area contributed by atoms with Crippen molar-refractivity contribution in [2.75, 3.05) is 0 Å². The van der Waals surface area contributed by atoms with E-state index in [4.69, 9.17) is 9.47 Å². The zero-order chi connectivity index (χ0) is 24.6. The average Bonchev–Trinajstić information content (AvgIpc) is 2.88. The number of rotatable bonds is 8. The van der Waals surface area contributed by atoms with Gasteiger partial charge < -0.3 is 9.47 Å². The van der Waals surface area contributed by atoms with Crippen LogP contribution in [0.5, 0.6) is 11.5 Å². The Morgan fingerprint density at radius 3 is 2.31 bits per heavy atom. The summed E-state index contributed by atoms with van der Waals surface area (Å²) in [6.45, 7) is 3.93. The van der Waals surface area contributed by atoms with Crippen molar-refractivity contribution < 1.29 is 14.3 Å². The van der Waals surface area contributed by atoms with Gasteiger partial charge in [-0.1, -0.05) is 98.8 Å². The second-order valence-corrected chi connectivity index (χ2v) is 8.63. The molecule has 4 aromatic rings. The molecule has 0 heterocycles. The largest absolute Gasteiger partial charge is 0.457 e. The quantitative estimate of drug-likeness (QED) is 0.252. The maximum Gasteiger partial charge on any atom is 0.314 e. The number of fused-ring (bicyclic) bond motifs is 1. The molecule has 0 N–H and O–H groups in total. The SMILES string of the molecule is CC(C)C(/C=C/c1cccc2ccccc12)C(=O)OC(C#N)c1cccc(Oc2ccccc2)c1. The van der Waals surface area contributed by atoms with Crippen LogP contribution in [0, 0.1) is 23.2 Å². The van der Waals surface area contributed by atoms with Gasteiger partial charge >= 0.3 is 5.97 Å². The molecule has 0 aromatic heterocycles. The van der Waals surface area contributed by atoms with Crippen LogP contribution in [0.4, 0.5) is 0 Å². The molecule has 0 saturated carbocycles. The van der Waals surface area contributed by atoms with Crippen LogP contribution in [0.3, 0.4) is 0 Å². The Kier molecular flexibility index (Phi) is 7.60. The molecule has 0 saturated heterocycles. The summed E-state index contributed by atoms with van der Waals surface area (Å²) in [5.41, 5.74) is 1.60. The average molecular weight is 462 g/mol. The minimum absolute atomic E-state index is 0.000757. The Labute approximate surface area is 206 Å². The summed E-state index contributed by atoms with van der Waals surface area (Å²) in [5.74, 6) is 0.335. The summed E-state index contributed by atoms with van der Waals surface area (Å²) < 4.78 is 11.5. The molecule has 0 bridgehead atoms. The highest BCUT2D eigenvalue weighted by Gasteiger charge is 2.25. The topological polar surface area (TPSA) is 59.3 Å². The van der Waals surface area contributed by atoms with Crippen LogP contribution < -0.4 is 4.74 Å². The Bertz CT molecular complexity index is 1360. The van der Waals surface area contributed by atoms with E-state index >= 15 is 0 Å². The molecule has 0 radical (unpaired) electrons. The van der Waals surface area contributed by atoms with Crippen molar-refractivity contribution in [2.45, 2.75) is 20.0 Å². The fraction of sp³-hybridized carbons (Fsp3) is 0.161. The summed E-state index contributed by atoms with van der Waals surface area (Å²) in [6.07, 6.45) is 2.80. The normalized spacial score (nSPS) is 12.9. The molecule has 0 aliphatic heterocycles. The second kappa shape index (κ2) is 11.2. The van der Waals surface area contributed by atoms with Gasteiger partial charge in [0.2, 0.25) is 6.10 Å². The smallest absolute Gasteiger partial charge is 0.314 e. The monoisotopic (exact) mass is 461 g/mol. The van der Waals surface area contributed by atoms with E-state index in [9.17, 15) is 10.1 Å². The summed E-state index contributed by atoms with van der Waals surface area (Å²) in [7, 11) is 0. The number of hydrogen-bond donors (Lipinski definition) is 0. The minimum atomic E-state index is -1.03. The van der Waals surface area contributed by atoms with E-state index in [0.717, 1.165) is 16.3 Å². The maximum absolute atomic E-state index is 13.1. The Balaban J connectivity index is 1.51. The number of esters is 1. The van der Waals surface area contributed by atoms with Gasteiger partial charge in [0.15, 0.2) is 0 Å². The fourth-order valence-electron chi connectivity index (χ4n) is 3.91. The standard InChI is InChI=1S/C31H27NO3/c1-22(2)28(19-18-24-12-8-11-23-10-6-7-17-29(23)24)31(33)35-30(21-32)25-13-9-16-27(20-25)34-26-14-4-3-5-15-26/h3-20,22,28,30H,1-2H3/b19-18+. The predicted octanol–water partition coefficient (Wildman–Crippen LogP) is 7.73. The van der Waals surface area contributed by atoms with Gasteiger partial charge in [-0.05, 0) is 46.5 Å². The molecule has 0 spiro atoms. The molecule has 4 nitrogen and oxygen atoms in total. The van der Waals surface area contributed by atoms with E-state index < -0.39 is 18.0 Å². The molecule has 4 aromatic carbocycles. The molecule has 2 unspecified atom stereocenters. The van der Waals surface area contributed by atoms with Gasteiger partial charge in [-0.2, -0.15) is 5.26 Å². The molecule has 4 rings (SSSR count). The highest BCUT2D eigenvalue weighted by atomic mass is 16.5. The number of carbonyl (C=O) groups is 1. The van der Waals surface area contributed by atoms with Crippen LogP contribution in [0.25, 0.3) is 16.8 Å². The highest BCUT2D eigenvalue weighted by molar-refractivity contribution is 5.91. The van der Waals surface area contributed by atoms with Crippen LogP contribution in [0.2, 0.25) is 0 Å². The number of nitrogens with zero attached hydrogens (tertiary/aromatic N) is 1. The van der Waals surface area contributed by atoms with E-state index in [1.807, 2.05) is 80.6 Å². The lowest BCUT2D eigenvalue weighted by molar-refractivity contribution is -0.151. The maximum atomic E-state index is 13.1. The molecular formula is C31H27NO3. The van der Waals surface area contributed by atoms with Crippen LogP contribution in [0.1, 0.15) is 31.1 Å². The Morgan fingerprint density at radius 2 is 1.54 bits per heavy atom. The zero-order valence-electron chi connectivity index (χ0n) is 19.8. The highest BCUT2D eigenvalue weighted by Crippen LogP contribution is 2.28. The van der Waals surface area contributed by atoms with E-state index in [1.54, 1.807) is 24.3 Å². The first-order valence-corrected chi connectivity index (χ1v) is 11.6. The van der Waals surface area contributed by atoms with E-state index in [0.29, 0.717) is 17.1 Å². The molecule has 0 fully saturated rings. The van der Waals surface area contributed by atoms with Crippen molar-refractivity contribution in [3.05, 3.63) is 114 Å². The van der Waals surface area contributed by atoms with Gasteiger partial charge in [0, 0.05) is 5.56 Å². The third-order valence-electron chi connectivity index (χ3n) is 5.79. The molecule has 4 heteroatoms. The van der Waals surface area contributed by atoms with Gasteiger partial charge in [0.05, 0.1) is 5.92 Å². The summed E-state index contributed by atoms with van der Waals surface area (Å²) >= 11 is 0. The number of nitriles is 1. The number of benzene rings is 4. The second-order valence-electron chi connectivity index (χ2n) is 8.63. The number of hydrogen-bond acceptors (Lipinski definition) is 4. The summed E-state index contributed by atoms with van der Waals surface area (Å²) in [4.78, 5) is 13.1. The van der Waals surface area contributed by atoms with Gasteiger partial charge in [0.1, 0.15) is 17.6 Å². The Hall–Kier alpha value is -4.36. The third kappa shape index (κ3) is 5.96. The molecule has 174 valence electrons. The lowest BCUT2D eigenvalue weighted by Crippen LogP contribution is -2.22. The Morgan fingerprint density at radius 1 is 0.857 bits per heavy atom. The molecular weight excluding hydrogens is 434 g/mol. The van der Waals surface area contributed by atoms with Crippen molar-refractivity contribution in [2.24, 2.45) is 11.8 Å². The first kappa shape index (κ1) is 23.8. The van der Waals surface area contributed by atoms with Crippen molar-refractivity contribution in [1.82, 2.24) is 0 Å². The van der Waals surface area contributed by atoms with Gasteiger partial charge in [-0.3, -0.25) is 4.79 Å². The lowest BCUT2D eigenvalue weighted by Gasteiger charge is -2.19. The van der Waals surface area contributed by atoms with Crippen molar-refractivity contribution in [3.8, 4) is 17.6 Å². The van der Waals surface area contributed by atoms with E-state index in [-0.39, 0.29) is 5.92 Å². The third-order valence-corrected chi connectivity index (χ3v) is 5.79. The summed E-state index contributed by atoms with van der Waals surface area (Å²) in [5, 5.41) is 12.0. The van der Waals surface area contributed by atoms with Crippen LogP contribution in [-0.4, -0.2) is 5.97 Å². The van der Waals surface area contributed by atoms with E-state index in [2.05, 4.69) is 24.3 Å². The van der Waals surface area contributed by atoms with Crippen molar-refractivity contribution in [3.63, 3.8) is 0 Å². The molecule has 0 aliphatic rings. The van der Waals surface area contributed by atoms with Crippen LogP contribution in [-0.2, 0) is 9.53 Å². The first-order chi connectivity index (χ1) is 17.0. The summed E-state index contributed by atoms with van der Waals surface area (Å²) in [6, 6.07) is 32.8. The van der Waals surface area contributed by atoms with Crippen LogP contribution in [0.15, 0.2) is 103 Å². The van der Waals surface area contributed by atoms with E-state index in [1.165, 1.54) is 0 Å². The number of ether oxygens (including phenoxy) is 2. The zero-order valence-corrected chi connectivity index (χ0v) is 19.8. The van der Waals surface area contributed by atoms with Gasteiger partial charge in [-0.25, -0.2) is 0 Å². The van der Waals surface area contributed by atoms with Crippen molar-refractivity contribution in [1.29, 1.82) is 5.26 Å². The minimum Gasteiger partial charge on any atom is -0.457 e.